The number of phosphoric acid groups is 1. The van der Waals surface area contributed by atoms with Gasteiger partial charge in [0, 0.05) is 0 Å². The lowest BCUT2D eigenvalue weighted by atomic mass is 10.3. The van der Waals surface area contributed by atoms with Crippen LogP contribution in [-0.2, 0) is 4.57 Å². The number of pyridine rings is 1. The van der Waals surface area contributed by atoms with Gasteiger partial charge in [-0.1, -0.05) is 0 Å². The summed E-state index contributed by atoms with van der Waals surface area (Å²) in [4.78, 5) is 35.8. The average molecular weight is 236 g/mol. The Labute approximate surface area is 84.2 Å². The van der Waals surface area contributed by atoms with E-state index in [2.05, 4.69) is 4.98 Å². The molecule has 0 aromatic carbocycles. The lowest BCUT2D eigenvalue weighted by Gasteiger charge is -2.01. The van der Waals surface area contributed by atoms with Gasteiger partial charge in [-0.2, -0.15) is 0 Å². The van der Waals surface area contributed by atoms with Gasteiger partial charge in [0.1, 0.15) is 5.56 Å². The van der Waals surface area contributed by atoms with Crippen molar-refractivity contribution in [1.82, 2.24) is 0 Å². The van der Waals surface area contributed by atoms with E-state index in [1.54, 1.807) is 12.3 Å². The van der Waals surface area contributed by atoms with E-state index in [1.807, 2.05) is 0 Å². The smallest absolute Gasteiger partial charge is 0.344 e. The number of rotatable bonds is 1. The molecule has 1 heterocycles. The van der Waals surface area contributed by atoms with E-state index in [0.29, 0.717) is 0 Å². The molecule has 0 spiro atoms. The van der Waals surface area contributed by atoms with E-state index in [0.717, 1.165) is 0 Å². The molecule has 0 atom stereocenters. The van der Waals surface area contributed by atoms with E-state index in [9.17, 15) is 4.79 Å². The summed E-state index contributed by atoms with van der Waals surface area (Å²) in [5.41, 5.74) is 5.38. The Bertz CT molecular complexity index is 381. The third kappa shape index (κ3) is 7.59. The van der Waals surface area contributed by atoms with Crippen molar-refractivity contribution >= 4 is 19.6 Å². The van der Waals surface area contributed by atoms with Gasteiger partial charge in [-0.25, -0.2) is 9.78 Å². The number of aromatic nitrogens is 1. The summed E-state index contributed by atoms with van der Waals surface area (Å²) >= 11 is 0. The number of carboxylic acid groups (broad SMARTS) is 1. The quantitative estimate of drug-likeness (QED) is 0.419. The Balaban J connectivity index is 0.000000336. The normalized spacial score (nSPS) is 10.1. The molecule has 15 heavy (non-hydrogen) atoms. The summed E-state index contributed by atoms with van der Waals surface area (Å²) in [6.07, 6.45) is 1.57. The lowest BCUT2D eigenvalue weighted by Crippen LogP contribution is -2.14. The topological polar surface area (TPSA) is 158 Å². The van der Waals surface area contributed by atoms with Crippen LogP contribution in [0.4, 0.5) is 5.82 Å². The van der Waals surface area contributed by atoms with E-state index >= 15 is 0 Å². The number of anilines is 1. The first-order valence-corrected chi connectivity index (χ1v) is 5.01. The maximum atomic E-state index is 10.3. The zero-order chi connectivity index (χ0) is 12.1. The van der Waals surface area contributed by atoms with Gasteiger partial charge in [-0.05, 0) is 12.1 Å². The van der Waals surface area contributed by atoms with Crippen molar-refractivity contribution in [1.29, 1.82) is 0 Å². The number of hydrogen-bond acceptors (Lipinski definition) is 4. The number of carboxylic acids is 1. The molecule has 0 saturated heterocycles. The van der Waals surface area contributed by atoms with Crippen LogP contribution in [0, 0.1) is 0 Å². The van der Waals surface area contributed by atoms with Crippen LogP contribution in [0.5, 0.6) is 0 Å². The van der Waals surface area contributed by atoms with E-state index in [-0.39, 0.29) is 11.4 Å². The minimum atomic E-state index is -4.89. The van der Waals surface area contributed by atoms with Gasteiger partial charge in [0.05, 0.1) is 6.20 Å². The fourth-order valence-electron chi connectivity index (χ4n) is 0.636. The molecule has 0 bridgehead atoms. The summed E-state index contributed by atoms with van der Waals surface area (Å²) in [6.45, 7) is 0. The van der Waals surface area contributed by atoms with Crippen molar-refractivity contribution < 1.29 is 34.1 Å². The first-order chi connectivity index (χ1) is 6.72. The standard InChI is InChI=1S/C6H6N2O2.H3O4P/c7-5-4(6(9)10)2-1-3-8-5;1-5(2,3)4/h1-3H,(H2,7,8)(H,9,10);(H3,1,2,3,4). The maximum absolute atomic E-state index is 10.3. The molecule has 1 rings (SSSR count). The molecular weight excluding hydrogens is 227 g/mol. The lowest BCUT2D eigenvalue weighted by molar-refractivity contribution is -0.360. The van der Waals surface area contributed by atoms with Gasteiger partial charge in [0.2, 0.25) is 0 Å². The van der Waals surface area contributed by atoms with Crippen molar-refractivity contribution in [3.63, 3.8) is 0 Å². The molecule has 0 fully saturated rings. The zero-order valence-corrected chi connectivity index (χ0v) is 8.22. The molecule has 0 aliphatic rings. The highest BCUT2D eigenvalue weighted by atomic mass is 31.2. The number of nitrogens with one attached hydrogen (secondary N) is 1. The number of hydrogen-bond donors (Lipinski definition) is 4. The van der Waals surface area contributed by atoms with Gasteiger partial charge >= 0.3 is 5.97 Å². The molecule has 1 aromatic rings. The molecule has 0 amide bonds. The first-order valence-electron chi connectivity index (χ1n) is 3.48. The molecule has 1 aromatic heterocycles. The highest BCUT2D eigenvalue weighted by molar-refractivity contribution is 7.43. The predicted molar refractivity (Wildman–Crippen MR) is 46.4 cm³/mol. The second-order valence-corrected chi connectivity index (χ2v) is 3.27. The number of H-pyrrole nitrogens is 1. The van der Waals surface area contributed by atoms with Crippen molar-refractivity contribution in [3.8, 4) is 0 Å². The molecule has 9 heteroatoms. The van der Waals surface area contributed by atoms with Crippen LogP contribution in [0.15, 0.2) is 18.3 Å². The highest BCUT2D eigenvalue weighted by Gasteiger charge is 2.10. The summed E-state index contributed by atoms with van der Waals surface area (Å²) in [7, 11) is -4.89. The molecule has 0 saturated carbocycles. The fraction of sp³-hybridized carbons (Fsp3) is 0. The number of aromatic amines is 1. The summed E-state index contributed by atoms with van der Waals surface area (Å²) < 4.78 is 8.77. The highest BCUT2D eigenvalue weighted by Crippen LogP contribution is 2.18. The first kappa shape index (κ1) is 13.5. The summed E-state index contributed by atoms with van der Waals surface area (Å²) in [6, 6.07) is 3.02. The Morgan fingerprint density at radius 3 is 2.27 bits per heavy atom. The molecule has 0 aliphatic carbocycles. The minimum absolute atomic E-state index is 0.0995. The second kappa shape index (κ2) is 5.42. The van der Waals surface area contributed by atoms with Crippen LogP contribution in [0.2, 0.25) is 0 Å². The van der Waals surface area contributed by atoms with Crippen molar-refractivity contribution in [2.24, 2.45) is 0 Å². The van der Waals surface area contributed by atoms with E-state index in [1.165, 1.54) is 6.07 Å². The van der Waals surface area contributed by atoms with Crippen LogP contribution in [0.3, 0.4) is 0 Å². The van der Waals surface area contributed by atoms with Crippen LogP contribution >= 0.6 is 7.82 Å². The van der Waals surface area contributed by atoms with Gasteiger partial charge in [0.15, 0.2) is 0 Å². The van der Waals surface area contributed by atoms with Gasteiger partial charge in [0.25, 0.3) is 13.6 Å². The van der Waals surface area contributed by atoms with Gasteiger partial charge < -0.3 is 19.8 Å². The van der Waals surface area contributed by atoms with Gasteiger partial charge in [-0.3, -0.25) is 10.3 Å². The number of carbonyl (C=O) groups is 1. The summed E-state index contributed by atoms with van der Waals surface area (Å²) in [5.74, 6) is -0.843. The Morgan fingerprint density at radius 1 is 1.53 bits per heavy atom. The van der Waals surface area contributed by atoms with Crippen molar-refractivity contribution in [2.75, 3.05) is 5.73 Å². The van der Waals surface area contributed by atoms with Crippen LogP contribution in [0.25, 0.3) is 0 Å². The number of nitrogens with two attached hydrogens (primary N) is 1. The molecule has 0 radical (unpaired) electrons. The van der Waals surface area contributed by atoms with Crippen LogP contribution in [0.1, 0.15) is 10.4 Å². The molecule has 84 valence electrons. The third-order valence-corrected chi connectivity index (χ3v) is 1.12. The number of aromatic carboxylic acids is 1. The zero-order valence-electron chi connectivity index (χ0n) is 7.32. The summed E-state index contributed by atoms with van der Waals surface area (Å²) in [5, 5.41) is 8.47. The molecular formula is C6H9N2O6P. The largest absolute Gasteiger partial charge is 0.756 e. The average Bonchev–Trinajstić information content (AvgIpc) is 2.01. The molecule has 0 aliphatic heterocycles. The second-order valence-electron chi connectivity index (χ2n) is 2.29. The van der Waals surface area contributed by atoms with Gasteiger partial charge in [-0.15, -0.1) is 0 Å². The van der Waals surface area contributed by atoms with E-state index < -0.39 is 13.8 Å². The Kier molecular flexibility index (Phi) is 4.89. The molecule has 6 N–H and O–H groups in total. The molecule has 0 unspecified atom stereocenters. The monoisotopic (exact) mass is 236 g/mol. The van der Waals surface area contributed by atoms with Crippen molar-refractivity contribution in [2.45, 2.75) is 0 Å². The Hall–Kier alpha value is -1.47. The van der Waals surface area contributed by atoms with Crippen LogP contribution in [-0.4, -0.2) is 20.9 Å². The van der Waals surface area contributed by atoms with E-state index in [4.69, 9.17) is 30.1 Å². The van der Waals surface area contributed by atoms with Crippen LogP contribution < -0.4 is 15.6 Å². The third-order valence-electron chi connectivity index (χ3n) is 1.12. The number of nitrogen functional groups attached to an aromatic ring is 1. The predicted octanol–water partition coefficient (Wildman–Crippen LogP) is -1.78. The SMILES string of the molecule is Nc1[nH+]cccc1C(=O)O.O=P([O-])(O)O. The molecule has 8 nitrogen and oxygen atoms in total. The van der Waals surface area contributed by atoms with Crippen molar-refractivity contribution in [3.05, 3.63) is 23.9 Å². The Morgan fingerprint density at radius 2 is 2.00 bits per heavy atom. The maximum Gasteiger partial charge on any atom is 0.344 e. The fourth-order valence-corrected chi connectivity index (χ4v) is 0.636. The minimum Gasteiger partial charge on any atom is -0.756 e.